The molecule has 0 radical (unpaired) electrons. The number of carbonyl (C=O) groups excluding carboxylic acids is 1. The standard InChI is InChI=1S/C27H17BrO7/c28-18-6-9-23-17(10-18)11-22(27(31)35-23)21-13-25(29)34-24-12-19(7-8-20(21)24)32-15-26(30)33-14-16-4-2-1-3-5-16/h1-13H,14-15H2. The van der Waals surface area contributed by atoms with Gasteiger partial charge in [-0.05, 0) is 42.0 Å². The van der Waals surface area contributed by atoms with Gasteiger partial charge < -0.3 is 18.3 Å². The Morgan fingerprint density at radius 1 is 0.829 bits per heavy atom. The molecule has 0 aliphatic heterocycles. The van der Waals surface area contributed by atoms with Crippen LogP contribution in [0.15, 0.2) is 102 Å². The van der Waals surface area contributed by atoms with E-state index in [4.69, 9.17) is 18.3 Å². The normalized spacial score (nSPS) is 11.0. The summed E-state index contributed by atoms with van der Waals surface area (Å²) >= 11 is 3.41. The Kier molecular flexibility index (Phi) is 6.20. The van der Waals surface area contributed by atoms with Crippen LogP contribution in [0.2, 0.25) is 0 Å². The van der Waals surface area contributed by atoms with E-state index in [0.29, 0.717) is 27.7 Å². The Labute approximate surface area is 206 Å². The van der Waals surface area contributed by atoms with Crippen LogP contribution in [0.4, 0.5) is 0 Å². The zero-order valence-electron chi connectivity index (χ0n) is 18.2. The maximum Gasteiger partial charge on any atom is 0.344 e. The molecule has 7 nitrogen and oxygen atoms in total. The van der Waals surface area contributed by atoms with Crippen molar-refractivity contribution in [3.63, 3.8) is 0 Å². The smallest absolute Gasteiger partial charge is 0.344 e. The molecule has 0 atom stereocenters. The van der Waals surface area contributed by atoms with Crippen molar-refractivity contribution in [3.05, 3.63) is 110 Å². The molecule has 0 amide bonds. The largest absolute Gasteiger partial charge is 0.482 e. The average Bonchev–Trinajstić information content (AvgIpc) is 2.86. The predicted octanol–water partition coefficient (Wildman–Crippen LogP) is 5.45. The summed E-state index contributed by atoms with van der Waals surface area (Å²) in [6, 6.07) is 22.3. The fourth-order valence-corrected chi connectivity index (χ4v) is 4.04. The van der Waals surface area contributed by atoms with Gasteiger partial charge in [-0.2, -0.15) is 0 Å². The number of ether oxygens (including phenoxy) is 2. The lowest BCUT2D eigenvalue weighted by Crippen LogP contribution is -2.14. The van der Waals surface area contributed by atoms with Crippen LogP contribution in [0.1, 0.15) is 5.56 Å². The first kappa shape index (κ1) is 22.6. The molecule has 5 aromatic rings. The SMILES string of the molecule is O=C(COc1ccc2c(-c3cc4cc(Br)ccc4oc3=O)cc(=O)oc2c1)OCc1ccccc1. The van der Waals surface area contributed by atoms with E-state index in [1.165, 1.54) is 12.1 Å². The van der Waals surface area contributed by atoms with Crippen LogP contribution in [0.5, 0.6) is 5.75 Å². The van der Waals surface area contributed by atoms with E-state index in [-0.39, 0.29) is 24.4 Å². The minimum Gasteiger partial charge on any atom is -0.482 e. The van der Waals surface area contributed by atoms with Gasteiger partial charge in [0.1, 0.15) is 23.5 Å². The van der Waals surface area contributed by atoms with Crippen molar-refractivity contribution in [2.24, 2.45) is 0 Å². The first-order valence-electron chi connectivity index (χ1n) is 10.6. The van der Waals surface area contributed by atoms with Crippen LogP contribution in [-0.2, 0) is 16.1 Å². The summed E-state index contributed by atoms with van der Waals surface area (Å²) in [7, 11) is 0. The molecule has 0 saturated carbocycles. The molecule has 0 spiro atoms. The van der Waals surface area contributed by atoms with Crippen LogP contribution in [0.3, 0.4) is 0 Å². The zero-order chi connectivity index (χ0) is 24.4. The average molecular weight is 533 g/mol. The molecule has 0 N–H and O–H groups in total. The highest BCUT2D eigenvalue weighted by molar-refractivity contribution is 9.10. The molecule has 0 fully saturated rings. The van der Waals surface area contributed by atoms with Crippen molar-refractivity contribution in [3.8, 4) is 16.9 Å². The van der Waals surface area contributed by atoms with Gasteiger partial charge in [0.15, 0.2) is 6.61 Å². The monoisotopic (exact) mass is 532 g/mol. The van der Waals surface area contributed by atoms with E-state index in [1.807, 2.05) is 36.4 Å². The summed E-state index contributed by atoms with van der Waals surface area (Å²) in [5.74, 6) is -0.229. The maximum atomic E-state index is 12.7. The highest BCUT2D eigenvalue weighted by Gasteiger charge is 2.15. The Hall–Kier alpha value is -4.17. The van der Waals surface area contributed by atoms with Crippen molar-refractivity contribution in [2.45, 2.75) is 6.61 Å². The van der Waals surface area contributed by atoms with Gasteiger partial charge >= 0.3 is 17.2 Å². The highest BCUT2D eigenvalue weighted by atomic mass is 79.9. The Balaban J connectivity index is 1.41. The second-order valence-corrected chi connectivity index (χ2v) is 8.62. The summed E-state index contributed by atoms with van der Waals surface area (Å²) in [6.45, 7) is -0.171. The lowest BCUT2D eigenvalue weighted by Gasteiger charge is -2.09. The molecule has 0 aliphatic carbocycles. The van der Waals surface area contributed by atoms with E-state index >= 15 is 0 Å². The van der Waals surface area contributed by atoms with Crippen LogP contribution in [0, 0.1) is 0 Å². The van der Waals surface area contributed by atoms with Gasteiger partial charge in [0.05, 0.1) is 5.56 Å². The molecule has 0 saturated heterocycles. The van der Waals surface area contributed by atoms with Crippen molar-refractivity contribution in [1.29, 1.82) is 0 Å². The zero-order valence-corrected chi connectivity index (χ0v) is 19.7. The topological polar surface area (TPSA) is 96.0 Å². The van der Waals surface area contributed by atoms with E-state index in [0.717, 1.165) is 10.0 Å². The van der Waals surface area contributed by atoms with Gasteiger partial charge in [0.2, 0.25) is 0 Å². The minimum absolute atomic E-state index is 0.143. The van der Waals surface area contributed by atoms with E-state index < -0.39 is 17.2 Å². The van der Waals surface area contributed by atoms with Crippen molar-refractivity contribution in [2.75, 3.05) is 6.61 Å². The third-order valence-electron chi connectivity index (χ3n) is 5.30. The second kappa shape index (κ2) is 9.60. The number of esters is 1. The molecule has 35 heavy (non-hydrogen) atoms. The van der Waals surface area contributed by atoms with E-state index in [2.05, 4.69) is 15.9 Å². The summed E-state index contributed by atoms with van der Waals surface area (Å²) < 4.78 is 22.3. The van der Waals surface area contributed by atoms with Gasteiger partial charge in [0.25, 0.3) is 0 Å². The predicted molar refractivity (Wildman–Crippen MR) is 133 cm³/mol. The number of rotatable bonds is 6. The molecular formula is C27H17BrO7. The highest BCUT2D eigenvalue weighted by Crippen LogP contribution is 2.30. The lowest BCUT2D eigenvalue weighted by molar-refractivity contribution is -0.147. The molecule has 2 heterocycles. The fourth-order valence-electron chi connectivity index (χ4n) is 3.66. The molecule has 3 aromatic carbocycles. The summed E-state index contributed by atoms with van der Waals surface area (Å²) in [4.78, 5) is 37.0. The molecule has 0 bridgehead atoms. The summed E-state index contributed by atoms with van der Waals surface area (Å²) in [5, 5.41) is 1.22. The molecule has 2 aromatic heterocycles. The van der Waals surface area contributed by atoms with Gasteiger partial charge in [0, 0.05) is 32.9 Å². The number of carbonyl (C=O) groups is 1. The lowest BCUT2D eigenvalue weighted by atomic mass is 10.0. The first-order valence-corrected chi connectivity index (χ1v) is 11.4. The fraction of sp³-hybridized carbons (Fsp3) is 0.0741. The quantitative estimate of drug-likeness (QED) is 0.212. The van der Waals surface area contributed by atoms with Gasteiger partial charge in [-0.25, -0.2) is 14.4 Å². The number of fused-ring (bicyclic) bond motifs is 2. The third-order valence-corrected chi connectivity index (χ3v) is 5.79. The number of benzene rings is 3. The summed E-state index contributed by atoms with van der Waals surface area (Å²) in [5.41, 5.74) is 0.896. The van der Waals surface area contributed by atoms with E-state index in [1.54, 1.807) is 30.3 Å². The number of hydrogen-bond acceptors (Lipinski definition) is 7. The first-order chi connectivity index (χ1) is 17.0. The van der Waals surface area contributed by atoms with Crippen molar-refractivity contribution >= 4 is 43.8 Å². The molecule has 174 valence electrons. The number of halogens is 1. The number of hydrogen-bond donors (Lipinski definition) is 0. The molecule has 8 heteroatoms. The third kappa shape index (κ3) is 5.02. The Bertz CT molecular complexity index is 1670. The molecular weight excluding hydrogens is 516 g/mol. The van der Waals surface area contributed by atoms with Crippen LogP contribution in [-0.4, -0.2) is 12.6 Å². The second-order valence-electron chi connectivity index (χ2n) is 7.70. The summed E-state index contributed by atoms with van der Waals surface area (Å²) in [6.07, 6.45) is 0. The van der Waals surface area contributed by atoms with Crippen molar-refractivity contribution < 1.29 is 23.1 Å². The van der Waals surface area contributed by atoms with Gasteiger partial charge in [-0.3, -0.25) is 0 Å². The van der Waals surface area contributed by atoms with Crippen LogP contribution >= 0.6 is 15.9 Å². The van der Waals surface area contributed by atoms with Crippen LogP contribution in [0.25, 0.3) is 33.1 Å². The Morgan fingerprint density at radius 2 is 1.66 bits per heavy atom. The maximum absolute atomic E-state index is 12.7. The van der Waals surface area contributed by atoms with Crippen molar-refractivity contribution in [1.82, 2.24) is 0 Å². The molecule has 5 rings (SSSR count). The minimum atomic E-state index is -0.638. The van der Waals surface area contributed by atoms with E-state index in [9.17, 15) is 14.4 Å². The van der Waals surface area contributed by atoms with Gasteiger partial charge in [-0.1, -0.05) is 46.3 Å². The molecule has 0 unspecified atom stereocenters. The van der Waals surface area contributed by atoms with Gasteiger partial charge in [-0.15, -0.1) is 0 Å². The molecule has 0 aliphatic rings. The Morgan fingerprint density at radius 3 is 2.49 bits per heavy atom. The van der Waals surface area contributed by atoms with Crippen LogP contribution < -0.4 is 16.0 Å².